The zero-order valence-corrected chi connectivity index (χ0v) is 43.7. The summed E-state index contributed by atoms with van der Waals surface area (Å²) in [4.78, 5) is 156. The van der Waals surface area contributed by atoms with Crippen molar-refractivity contribution in [2.45, 2.75) is 119 Å². The van der Waals surface area contributed by atoms with Crippen LogP contribution in [-0.2, 0) is 70.0 Å². The molecule has 2 bridgehead atoms. The molecule has 7 amide bonds. The number of hydrogen-bond acceptors (Lipinski definition) is 17. The Balaban J connectivity index is 1.51. The number of H-pyrrole nitrogens is 1. The molecule has 26 heteroatoms. The van der Waals surface area contributed by atoms with Gasteiger partial charge < -0.3 is 62.3 Å². The number of hydrogen-bond donors (Lipinski definition) is 10. The lowest BCUT2D eigenvalue weighted by Gasteiger charge is -2.31. The van der Waals surface area contributed by atoms with Crippen LogP contribution in [0.5, 0.6) is 5.75 Å². The smallest absolute Gasteiger partial charge is 0.243 e. The second kappa shape index (κ2) is 25.6. The molecule has 2 fully saturated rings. The Bertz CT molecular complexity index is 2610. The molecule has 1 aliphatic carbocycles. The van der Waals surface area contributed by atoms with Gasteiger partial charge in [-0.25, -0.2) is 0 Å². The Morgan fingerprint density at radius 2 is 1.59 bits per heavy atom. The topological polar surface area (TPSA) is 380 Å². The fourth-order valence-corrected chi connectivity index (χ4v) is 12.1. The molecule has 0 spiro atoms. The first-order chi connectivity index (χ1) is 35.5. The number of nitrogens with two attached hydrogens (primary N) is 1. The van der Waals surface area contributed by atoms with Gasteiger partial charge in [-0.2, -0.15) is 11.8 Å². The predicted molar refractivity (Wildman–Crippen MR) is 269 cm³/mol. The van der Waals surface area contributed by atoms with Crippen molar-refractivity contribution >= 4 is 97.9 Å². The first kappa shape index (κ1) is 58.2. The molecule has 75 heavy (non-hydrogen) atoms. The summed E-state index contributed by atoms with van der Waals surface area (Å²) in [6, 6.07) is -1.53. The third-order valence-corrected chi connectivity index (χ3v) is 17.0. The van der Waals surface area contributed by atoms with Crippen molar-refractivity contribution in [3.8, 4) is 5.75 Å². The number of ketones is 4. The van der Waals surface area contributed by atoms with Gasteiger partial charge in [0.1, 0.15) is 28.6 Å². The molecule has 410 valence electrons. The highest BCUT2D eigenvalue weighted by molar-refractivity contribution is 8.00. The van der Waals surface area contributed by atoms with E-state index in [2.05, 4.69) is 31.6 Å². The van der Waals surface area contributed by atoms with E-state index in [1.165, 1.54) is 30.8 Å². The maximum Gasteiger partial charge on any atom is 0.243 e. The zero-order chi connectivity index (χ0) is 55.0. The normalized spacial score (nSPS) is 29.3. The standard InChI is InChI=1S/C49H66N8O16S2/c1-5-22(2)43-47(70)52-17-41(65)53-33-21-75(72)48-30(27-7-6-26(13-31(27)55-48)73-9-8-28-35(60)16-39(74-4)44(28)67)14-32(46(69)51-18-42(66)56-43)54-45(68)29(23(3)38(63)20-58)15-37(62)34-12-25(59)19-57(34)49(71)24(10-36(33)61)11-40(50)64/h6-7,13,22-25,28-29,32-34,38-39,43,55,58-59,63H,5,8-12,14-21H2,1-4H3,(H2,50,64)(H,51,69)(H,52,70)(H,53,65)(H,54,68)(H,56,66)/t22-,23+,24-,25+,28?,29-,32-,33-,34-,38-,39?,43-,75?/m0/s1. The maximum atomic E-state index is 15.0. The Labute approximate surface area is 438 Å². The van der Waals surface area contributed by atoms with E-state index >= 15 is 4.21 Å². The zero-order valence-electron chi connectivity index (χ0n) is 42.0. The minimum absolute atomic E-state index is 0.0452. The number of benzene rings is 1. The molecule has 4 aliphatic rings. The number of carbonyl (C=O) groups is 11. The van der Waals surface area contributed by atoms with Crippen LogP contribution in [0.2, 0.25) is 0 Å². The van der Waals surface area contributed by atoms with Crippen molar-refractivity contribution in [1.82, 2.24) is 36.5 Å². The van der Waals surface area contributed by atoms with E-state index in [0.717, 1.165) is 4.90 Å². The number of primary amides is 1. The summed E-state index contributed by atoms with van der Waals surface area (Å²) in [7, 11) is -2.39. The molecule has 1 saturated carbocycles. The average molecular weight is 1090 g/mol. The average Bonchev–Trinajstić information content (AvgIpc) is 4.04. The molecule has 13 atom stereocenters. The number of ether oxygens (including phenoxy) is 1. The SMILES string of the molecule is CC[C@H](C)[C@@H]1NC(=O)CNC(=O)[C@@H]2Cc3c([nH]c4cc(OCCC5C(=O)CC(SC)C5=O)ccc34)S(=O)C[C@H](NC(=O)CNC1=O)C(=O)C[C@@H](CC(N)=O)C(=O)N1C[C@H](O)C[C@H]1C(=O)C[C@@H]([C@@H](C)[C@@H](O)CO)C(=O)N2. The van der Waals surface area contributed by atoms with Gasteiger partial charge >= 0.3 is 0 Å². The van der Waals surface area contributed by atoms with E-state index in [1.807, 2.05) is 0 Å². The summed E-state index contributed by atoms with van der Waals surface area (Å²) in [5.41, 5.74) is 5.94. The fraction of sp³-hybridized carbons (Fsp3) is 0.612. The minimum Gasteiger partial charge on any atom is -0.493 e. The van der Waals surface area contributed by atoms with Gasteiger partial charge in [-0.1, -0.05) is 27.2 Å². The largest absolute Gasteiger partial charge is 0.493 e. The third kappa shape index (κ3) is 14.0. The predicted octanol–water partition coefficient (Wildman–Crippen LogP) is -2.79. The van der Waals surface area contributed by atoms with Crippen molar-refractivity contribution in [1.29, 1.82) is 0 Å². The second-order valence-electron chi connectivity index (χ2n) is 19.7. The molecule has 3 aliphatic heterocycles. The molecule has 1 aromatic heterocycles. The van der Waals surface area contributed by atoms with Crippen LogP contribution >= 0.6 is 11.8 Å². The Morgan fingerprint density at radius 3 is 2.24 bits per heavy atom. The summed E-state index contributed by atoms with van der Waals surface area (Å²) < 4.78 is 21.0. The fourth-order valence-electron chi connectivity index (χ4n) is 9.96. The lowest BCUT2D eigenvalue weighted by Crippen LogP contribution is -2.56. The molecule has 1 saturated heterocycles. The minimum atomic E-state index is -2.39. The van der Waals surface area contributed by atoms with Crippen LogP contribution < -0.4 is 37.1 Å². The molecule has 0 radical (unpaired) electrons. The van der Waals surface area contributed by atoms with Crippen molar-refractivity contribution < 1.29 is 77.0 Å². The summed E-state index contributed by atoms with van der Waals surface area (Å²) >= 11 is 1.30. The summed E-state index contributed by atoms with van der Waals surface area (Å²) in [5.74, 6) is -14.9. The van der Waals surface area contributed by atoms with Crippen LogP contribution in [0.25, 0.3) is 10.9 Å². The van der Waals surface area contributed by atoms with Crippen molar-refractivity contribution in [2.75, 3.05) is 44.9 Å². The van der Waals surface area contributed by atoms with Gasteiger partial charge in [0.15, 0.2) is 17.3 Å². The van der Waals surface area contributed by atoms with Crippen LogP contribution in [0.3, 0.4) is 0 Å². The number of carbonyl (C=O) groups excluding carboxylic acids is 11. The Morgan fingerprint density at radius 1 is 0.893 bits per heavy atom. The van der Waals surface area contributed by atoms with Crippen LogP contribution in [0.15, 0.2) is 23.2 Å². The first-order valence-corrected chi connectivity index (χ1v) is 27.5. The molecule has 2 aromatic rings. The lowest BCUT2D eigenvalue weighted by atomic mass is 9.83. The molecule has 3 unspecified atom stereocenters. The maximum absolute atomic E-state index is 15.0. The van der Waals surface area contributed by atoms with Gasteiger partial charge in [0.05, 0.1) is 89.7 Å². The second-order valence-corrected chi connectivity index (χ2v) is 22.2. The van der Waals surface area contributed by atoms with E-state index in [-0.39, 0.29) is 59.3 Å². The highest BCUT2D eigenvalue weighted by Crippen LogP contribution is 2.34. The summed E-state index contributed by atoms with van der Waals surface area (Å²) in [6.45, 7) is 1.90. The number of aromatic nitrogens is 1. The monoisotopic (exact) mass is 1090 g/mol. The van der Waals surface area contributed by atoms with Crippen molar-refractivity contribution in [3.63, 3.8) is 0 Å². The number of Topliss-reactive ketones (excluding diaryl/α,β-unsaturated/α-hetero) is 4. The first-order valence-electron chi connectivity index (χ1n) is 24.9. The molecule has 11 N–H and O–H groups in total. The van der Waals surface area contributed by atoms with E-state index in [0.29, 0.717) is 11.8 Å². The Hall–Kier alpha value is -6.09. The quantitative estimate of drug-likeness (QED) is 0.0961. The molecule has 1 aromatic carbocycles. The van der Waals surface area contributed by atoms with Gasteiger partial charge in [-0.3, -0.25) is 56.9 Å². The van der Waals surface area contributed by atoms with Gasteiger partial charge in [-0.15, -0.1) is 0 Å². The highest BCUT2D eigenvalue weighted by Gasteiger charge is 2.45. The molecule has 6 rings (SSSR count). The molecular weight excluding hydrogens is 1020 g/mol. The van der Waals surface area contributed by atoms with Gasteiger partial charge in [0.25, 0.3) is 0 Å². The summed E-state index contributed by atoms with van der Waals surface area (Å²) in [5, 5.41) is 44.1. The van der Waals surface area contributed by atoms with Crippen LogP contribution in [0, 0.1) is 29.6 Å². The van der Waals surface area contributed by atoms with Crippen LogP contribution in [0.4, 0.5) is 0 Å². The van der Waals surface area contributed by atoms with E-state index < -0.39 is 193 Å². The van der Waals surface area contributed by atoms with Crippen LogP contribution in [-0.4, -0.2) is 180 Å². The third-order valence-electron chi connectivity index (χ3n) is 14.6. The van der Waals surface area contributed by atoms with E-state index in [9.17, 15) is 68.1 Å². The number of aliphatic hydroxyl groups is 3. The number of aromatic amines is 1. The van der Waals surface area contributed by atoms with E-state index in [4.69, 9.17) is 10.5 Å². The van der Waals surface area contributed by atoms with Crippen molar-refractivity contribution in [2.24, 2.45) is 35.3 Å². The molecular formula is C49H66N8O16S2. The number of nitrogens with one attached hydrogen (secondary N) is 6. The molecule has 24 nitrogen and oxygen atoms in total. The molecule has 4 heterocycles. The van der Waals surface area contributed by atoms with E-state index in [1.54, 1.807) is 26.2 Å². The lowest BCUT2D eigenvalue weighted by molar-refractivity contribution is -0.145. The van der Waals surface area contributed by atoms with Gasteiger partial charge in [0, 0.05) is 62.4 Å². The number of fused-ring (bicyclic) bond motifs is 5. The van der Waals surface area contributed by atoms with Crippen LogP contribution in [0.1, 0.15) is 71.3 Å². The number of nitrogens with zero attached hydrogens (tertiary/aromatic N) is 1. The van der Waals surface area contributed by atoms with Gasteiger partial charge in [0.2, 0.25) is 41.4 Å². The number of amides is 7. The number of rotatable bonds is 12. The van der Waals surface area contributed by atoms with Gasteiger partial charge in [-0.05, 0) is 42.2 Å². The number of thioether (sulfide) groups is 1. The van der Waals surface area contributed by atoms with Crippen molar-refractivity contribution in [3.05, 3.63) is 23.8 Å². The highest BCUT2D eigenvalue weighted by atomic mass is 32.2. The number of aliphatic hydroxyl groups excluding tert-OH is 3. The Kier molecular flexibility index (Phi) is 19.9. The summed E-state index contributed by atoms with van der Waals surface area (Å²) in [6.07, 6.45) is -3.72.